The number of carbonyl (C=O) groups excluding carboxylic acids is 1. The molecule has 1 aliphatic heterocycles. The maximum atomic E-state index is 13.0. The van der Waals surface area contributed by atoms with Crippen molar-refractivity contribution in [3.8, 4) is 0 Å². The number of benzene rings is 1. The van der Waals surface area contributed by atoms with E-state index in [4.69, 9.17) is 0 Å². The van der Waals surface area contributed by atoms with E-state index in [-0.39, 0.29) is 24.0 Å². The van der Waals surface area contributed by atoms with Gasteiger partial charge in [-0.3, -0.25) is 14.3 Å². The second-order valence-electron chi connectivity index (χ2n) is 6.44. The van der Waals surface area contributed by atoms with Crippen LogP contribution in [0.15, 0.2) is 71.7 Å². The number of nitrogens with one attached hydrogen (secondary N) is 3. The van der Waals surface area contributed by atoms with E-state index in [1.54, 1.807) is 36.7 Å². The lowest BCUT2D eigenvalue weighted by molar-refractivity contribution is -0.118. The van der Waals surface area contributed by atoms with Crippen LogP contribution in [0.2, 0.25) is 0 Å². The average Bonchev–Trinajstić information content (AvgIpc) is 3.43. The normalized spacial score (nSPS) is 14.8. The van der Waals surface area contributed by atoms with E-state index < -0.39 is 6.17 Å². The molecule has 0 aliphatic carbocycles. The van der Waals surface area contributed by atoms with Gasteiger partial charge in [0, 0.05) is 18.9 Å². The fourth-order valence-electron chi connectivity index (χ4n) is 2.87. The van der Waals surface area contributed by atoms with Crippen LogP contribution in [-0.2, 0) is 17.9 Å². The van der Waals surface area contributed by atoms with E-state index in [1.165, 1.54) is 27.7 Å². The lowest BCUT2D eigenvalue weighted by atomic mass is 10.2. The molecule has 1 unspecified atom stereocenters. The van der Waals surface area contributed by atoms with Crippen LogP contribution in [0.5, 0.6) is 0 Å². The standard InChI is InChI=1S/C19H18FN7O2.C2H6/c20-15-5-3-13(4-6-15)11-27-19(29)26(12-23-27)17-8-16(24-25-17)18(28)22-10-14-2-1-7-21-9-14;1-2/h1-9,12,17,24-25H,10-11H2,(H,22,28);1-2H3. The second-order valence-corrected chi connectivity index (χ2v) is 6.44. The molecule has 1 atom stereocenters. The summed E-state index contributed by atoms with van der Waals surface area (Å²) in [6.45, 7) is 4.56. The summed E-state index contributed by atoms with van der Waals surface area (Å²) in [6.07, 6.45) is 5.76. The zero-order chi connectivity index (χ0) is 22.2. The van der Waals surface area contributed by atoms with Crippen LogP contribution in [0.25, 0.3) is 0 Å². The van der Waals surface area contributed by atoms with Crippen LogP contribution < -0.4 is 21.9 Å². The van der Waals surface area contributed by atoms with E-state index in [0.717, 1.165) is 11.1 Å². The van der Waals surface area contributed by atoms with Gasteiger partial charge in [-0.05, 0) is 35.4 Å². The molecule has 0 saturated carbocycles. The van der Waals surface area contributed by atoms with Gasteiger partial charge < -0.3 is 10.7 Å². The van der Waals surface area contributed by atoms with Gasteiger partial charge >= 0.3 is 5.69 Å². The first-order chi connectivity index (χ1) is 15.1. The molecule has 10 heteroatoms. The van der Waals surface area contributed by atoms with Crippen molar-refractivity contribution in [2.45, 2.75) is 33.1 Å². The third kappa shape index (κ3) is 5.43. The van der Waals surface area contributed by atoms with Crippen molar-refractivity contribution in [3.63, 3.8) is 0 Å². The number of pyridine rings is 1. The van der Waals surface area contributed by atoms with Crippen molar-refractivity contribution in [3.05, 3.63) is 94.3 Å². The first-order valence-electron chi connectivity index (χ1n) is 9.89. The Balaban J connectivity index is 0.00000132. The highest BCUT2D eigenvalue weighted by molar-refractivity contribution is 5.93. The van der Waals surface area contributed by atoms with Crippen molar-refractivity contribution in [1.82, 2.24) is 35.5 Å². The predicted octanol–water partition coefficient (Wildman–Crippen LogP) is 1.46. The van der Waals surface area contributed by atoms with Gasteiger partial charge in [0.25, 0.3) is 5.91 Å². The summed E-state index contributed by atoms with van der Waals surface area (Å²) >= 11 is 0. The van der Waals surface area contributed by atoms with Gasteiger partial charge in [-0.2, -0.15) is 5.10 Å². The molecule has 31 heavy (non-hydrogen) atoms. The van der Waals surface area contributed by atoms with E-state index in [2.05, 4.69) is 26.3 Å². The molecule has 0 radical (unpaired) electrons. The van der Waals surface area contributed by atoms with Crippen LogP contribution >= 0.6 is 0 Å². The summed E-state index contributed by atoms with van der Waals surface area (Å²) in [6, 6.07) is 9.52. The third-order valence-corrected chi connectivity index (χ3v) is 4.40. The van der Waals surface area contributed by atoms with Crippen LogP contribution in [0.1, 0.15) is 31.1 Å². The maximum Gasteiger partial charge on any atom is 0.347 e. The highest BCUT2D eigenvalue weighted by Gasteiger charge is 2.23. The largest absolute Gasteiger partial charge is 0.347 e. The molecule has 0 fully saturated rings. The molecule has 9 nitrogen and oxygen atoms in total. The topological polar surface area (TPSA) is 106 Å². The number of hydrogen-bond acceptors (Lipinski definition) is 6. The molecule has 3 heterocycles. The van der Waals surface area contributed by atoms with Gasteiger partial charge in [-0.25, -0.2) is 19.3 Å². The second kappa shape index (κ2) is 10.3. The molecule has 0 bridgehead atoms. The lowest BCUT2D eigenvalue weighted by Crippen LogP contribution is -2.38. The van der Waals surface area contributed by atoms with E-state index in [9.17, 15) is 14.0 Å². The molecule has 4 rings (SSSR count). The Hall–Kier alpha value is -3.79. The highest BCUT2D eigenvalue weighted by Crippen LogP contribution is 2.10. The smallest absolute Gasteiger partial charge is 0.347 e. The molecular weight excluding hydrogens is 401 g/mol. The van der Waals surface area contributed by atoms with Crippen LogP contribution in [0.3, 0.4) is 0 Å². The Morgan fingerprint density at radius 2 is 1.97 bits per heavy atom. The summed E-state index contributed by atoms with van der Waals surface area (Å²) in [7, 11) is 0. The Kier molecular flexibility index (Phi) is 7.28. The van der Waals surface area contributed by atoms with Gasteiger partial charge in [-0.1, -0.05) is 32.0 Å². The van der Waals surface area contributed by atoms with Crippen molar-refractivity contribution in [2.75, 3.05) is 0 Å². The maximum absolute atomic E-state index is 13.0. The molecule has 0 spiro atoms. The number of hydrogen-bond donors (Lipinski definition) is 3. The minimum absolute atomic E-state index is 0.217. The Labute approximate surface area is 178 Å². The minimum Gasteiger partial charge on any atom is -0.347 e. The van der Waals surface area contributed by atoms with Crippen molar-refractivity contribution in [2.24, 2.45) is 0 Å². The Bertz CT molecular complexity index is 1090. The van der Waals surface area contributed by atoms with Gasteiger partial charge in [0.2, 0.25) is 0 Å². The summed E-state index contributed by atoms with van der Waals surface area (Å²) in [5, 5.41) is 6.87. The Morgan fingerprint density at radius 3 is 2.68 bits per heavy atom. The summed E-state index contributed by atoms with van der Waals surface area (Å²) in [4.78, 5) is 28.9. The van der Waals surface area contributed by atoms with Crippen molar-refractivity contribution < 1.29 is 9.18 Å². The van der Waals surface area contributed by atoms with Crippen LogP contribution in [-0.4, -0.2) is 25.2 Å². The number of nitrogens with zero attached hydrogens (tertiary/aromatic N) is 4. The van der Waals surface area contributed by atoms with Gasteiger partial charge in [-0.15, -0.1) is 0 Å². The quantitative estimate of drug-likeness (QED) is 0.552. The van der Waals surface area contributed by atoms with Gasteiger partial charge in [0.15, 0.2) is 0 Å². The zero-order valence-corrected chi connectivity index (χ0v) is 17.2. The van der Waals surface area contributed by atoms with Crippen molar-refractivity contribution in [1.29, 1.82) is 0 Å². The highest BCUT2D eigenvalue weighted by atomic mass is 19.1. The SMILES string of the molecule is CC.O=C(NCc1cccnc1)C1=CC(n2cnn(Cc3ccc(F)cc3)c2=O)NN1. The number of carbonyl (C=O) groups is 1. The summed E-state index contributed by atoms with van der Waals surface area (Å²) in [5.41, 5.74) is 7.22. The first-order valence-corrected chi connectivity index (χ1v) is 9.89. The number of halogens is 1. The molecule has 162 valence electrons. The molecule has 3 aromatic rings. The number of amides is 1. The van der Waals surface area contributed by atoms with E-state index >= 15 is 0 Å². The number of aromatic nitrogens is 4. The molecule has 2 aromatic heterocycles. The Morgan fingerprint density at radius 1 is 1.19 bits per heavy atom. The van der Waals surface area contributed by atoms with Gasteiger partial charge in [0.05, 0.1) is 6.54 Å². The fraction of sp³-hybridized carbons (Fsp3) is 0.238. The fourth-order valence-corrected chi connectivity index (χ4v) is 2.87. The molecule has 0 saturated heterocycles. The number of hydrazine groups is 1. The minimum atomic E-state index is -0.566. The molecule has 1 aromatic carbocycles. The monoisotopic (exact) mass is 425 g/mol. The average molecular weight is 425 g/mol. The molecular formula is C21H24FN7O2. The number of rotatable bonds is 6. The van der Waals surface area contributed by atoms with E-state index in [1.807, 2.05) is 19.9 Å². The lowest BCUT2D eigenvalue weighted by Gasteiger charge is -2.08. The molecule has 1 amide bonds. The zero-order valence-electron chi connectivity index (χ0n) is 17.2. The molecule has 1 aliphatic rings. The van der Waals surface area contributed by atoms with E-state index in [0.29, 0.717) is 12.2 Å². The predicted molar refractivity (Wildman–Crippen MR) is 113 cm³/mol. The van der Waals surface area contributed by atoms with Crippen LogP contribution in [0, 0.1) is 5.82 Å². The van der Waals surface area contributed by atoms with Crippen molar-refractivity contribution >= 4 is 5.91 Å². The summed E-state index contributed by atoms with van der Waals surface area (Å²) in [5.74, 6) is -0.650. The van der Waals surface area contributed by atoms with Crippen LogP contribution in [0.4, 0.5) is 4.39 Å². The first kappa shape index (κ1) is 21.9. The molecule has 3 N–H and O–H groups in total. The summed E-state index contributed by atoms with van der Waals surface area (Å²) < 4.78 is 15.6. The van der Waals surface area contributed by atoms with Gasteiger partial charge in [0.1, 0.15) is 24.0 Å². The third-order valence-electron chi connectivity index (χ3n) is 4.40.